The van der Waals surface area contributed by atoms with Crippen molar-refractivity contribution in [3.8, 4) is 0 Å². The number of isocyanates is 1. The molecule has 0 heterocycles. The summed E-state index contributed by atoms with van der Waals surface area (Å²) in [6.45, 7) is 9.17. The fourth-order valence-electron chi connectivity index (χ4n) is 2.20. The smallest absolute Gasteiger partial charge is 0.330 e. The van der Waals surface area contributed by atoms with E-state index in [9.17, 15) is 14.4 Å². The van der Waals surface area contributed by atoms with E-state index in [0.29, 0.717) is 25.8 Å². The number of ether oxygens (including phenoxy) is 2. The van der Waals surface area contributed by atoms with Gasteiger partial charge in [0.1, 0.15) is 12.2 Å². The maximum Gasteiger partial charge on any atom is 0.330 e. The number of rotatable bonds is 14. The quantitative estimate of drug-likeness (QED) is 0.160. The average molecular weight is 337 g/mol. The highest BCUT2D eigenvalue weighted by Gasteiger charge is 2.20. The maximum absolute atomic E-state index is 11.5. The van der Waals surface area contributed by atoms with Gasteiger partial charge in [-0.1, -0.05) is 32.9 Å². The first-order chi connectivity index (χ1) is 11.6. The number of esters is 2. The highest BCUT2D eigenvalue weighted by Crippen LogP contribution is 2.17. The zero-order chi connectivity index (χ0) is 18.2. The molecule has 0 N–H and O–H groups in total. The van der Waals surface area contributed by atoms with Crippen molar-refractivity contribution in [2.24, 2.45) is 4.99 Å². The van der Waals surface area contributed by atoms with E-state index in [1.807, 2.05) is 6.92 Å². The highest BCUT2D eigenvalue weighted by molar-refractivity contribution is 5.81. The molecular formula is C18H27NO5. The molecule has 2 atom stereocenters. The third-order valence-corrected chi connectivity index (χ3v) is 3.49. The van der Waals surface area contributed by atoms with Crippen molar-refractivity contribution in [1.29, 1.82) is 0 Å². The molecular weight excluding hydrogens is 310 g/mol. The Balaban J connectivity index is 4.36. The summed E-state index contributed by atoms with van der Waals surface area (Å²) in [5.41, 5.74) is 0. The maximum atomic E-state index is 11.5. The van der Waals surface area contributed by atoms with Crippen molar-refractivity contribution in [2.75, 3.05) is 6.54 Å². The summed E-state index contributed by atoms with van der Waals surface area (Å²) in [7, 11) is 0. The first-order valence-electron chi connectivity index (χ1n) is 8.27. The monoisotopic (exact) mass is 337 g/mol. The zero-order valence-electron chi connectivity index (χ0n) is 14.4. The highest BCUT2D eigenvalue weighted by atomic mass is 16.6. The summed E-state index contributed by atoms with van der Waals surface area (Å²) in [5, 5.41) is 0. The molecule has 0 amide bonds. The second-order valence-electron chi connectivity index (χ2n) is 5.35. The van der Waals surface area contributed by atoms with E-state index in [4.69, 9.17) is 9.47 Å². The van der Waals surface area contributed by atoms with Gasteiger partial charge in [-0.25, -0.2) is 19.4 Å². The Morgan fingerprint density at radius 1 is 1.04 bits per heavy atom. The molecule has 134 valence electrons. The topological polar surface area (TPSA) is 82.0 Å². The van der Waals surface area contributed by atoms with Crippen LogP contribution in [0.3, 0.4) is 0 Å². The Morgan fingerprint density at radius 3 is 2.17 bits per heavy atom. The standard InChI is InChI=1S/C18H27NO5/c1-4-15(23-17(21)5-2)13-16(24-18(22)6-3)11-9-7-8-10-12-19-14-20/h5-6,15-16H,2-4,7-13H2,1H3. The van der Waals surface area contributed by atoms with Gasteiger partial charge in [-0.05, 0) is 25.7 Å². The van der Waals surface area contributed by atoms with Crippen molar-refractivity contribution in [3.63, 3.8) is 0 Å². The van der Waals surface area contributed by atoms with Crippen molar-refractivity contribution < 1.29 is 23.9 Å². The van der Waals surface area contributed by atoms with Crippen molar-refractivity contribution in [2.45, 2.75) is 64.1 Å². The predicted molar refractivity (Wildman–Crippen MR) is 91.1 cm³/mol. The molecule has 0 fully saturated rings. The van der Waals surface area contributed by atoms with Gasteiger partial charge in [0, 0.05) is 18.6 Å². The van der Waals surface area contributed by atoms with Crippen LogP contribution in [0.5, 0.6) is 0 Å². The molecule has 0 aliphatic rings. The number of hydrogen-bond acceptors (Lipinski definition) is 6. The summed E-state index contributed by atoms with van der Waals surface area (Å²) in [5.74, 6) is -0.961. The Kier molecular flexibility index (Phi) is 13.1. The van der Waals surface area contributed by atoms with Gasteiger partial charge < -0.3 is 9.47 Å². The van der Waals surface area contributed by atoms with E-state index in [1.165, 1.54) is 6.08 Å². The third-order valence-electron chi connectivity index (χ3n) is 3.49. The van der Waals surface area contributed by atoms with Crippen LogP contribution >= 0.6 is 0 Å². The van der Waals surface area contributed by atoms with Gasteiger partial charge >= 0.3 is 11.9 Å². The lowest BCUT2D eigenvalue weighted by Gasteiger charge is -2.22. The molecule has 6 heteroatoms. The van der Waals surface area contributed by atoms with E-state index in [2.05, 4.69) is 18.2 Å². The molecule has 0 aliphatic carbocycles. The molecule has 2 unspecified atom stereocenters. The average Bonchev–Trinajstić information content (AvgIpc) is 2.59. The van der Waals surface area contributed by atoms with Gasteiger partial charge in [0.05, 0.1) is 6.54 Å². The minimum atomic E-state index is -0.481. The van der Waals surface area contributed by atoms with Gasteiger partial charge in [0.25, 0.3) is 0 Å². The molecule has 0 bridgehead atoms. The zero-order valence-corrected chi connectivity index (χ0v) is 14.4. The van der Waals surface area contributed by atoms with Crippen molar-refractivity contribution >= 4 is 18.0 Å². The van der Waals surface area contributed by atoms with Gasteiger partial charge in [-0.3, -0.25) is 0 Å². The number of aliphatic imine (C=N–C) groups is 1. The van der Waals surface area contributed by atoms with Crippen molar-refractivity contribution in [3.05, 3.63) is 25.3 Å². The number of unbranched alkanes of at least 4 members (excludes halogenated alkanes) is 3. The molecule has 0 aliphatic heterocycles. The molecule has 0 saturated carbocycles. The SMILES string of the molecule is C=CC(=O)OC(CC)CC(CCCCCCN=C=O)OC(=O)C=C. The minimum absolute atomic E-state index is 0.319. The fourth-order valence-corrected chi connectivity index (χ4v) is 2.20. The molecule has 0 saturated heterocycles. The van der Waals surface area contributed by atoms with Crippen LogP contribution in [0, 0.1) is 0 Å². The summed E-state index contributed by atoms with van der Waals surface area (Å²) in [4.78, 5) is 36.2. The molecule has 24 heavy (non-hydrogen) atoms. The first-order valence-corrected chi connectivity index (χ1v) is 8.27. The van der Waals surface area contributed by atoms with Gasteiger partial charge in [-0.15, -0.1) is 0 Å². The van der Waals surface area contributed by atoms with Crippen LogP contribution < -0.4 is 0 Å². The van der Waals surface area contributed by atoms with Crippen LogP contribution in [0.2, 0.25) is 0 Å². The van der Waals surface area contributed by atoms with Crippen LogP contribution in [0.25, 0.3) is 0 Å². The Morgan fingerprint density at radius 2 is 1.62 bits per heavy atom. The summed E-state index contributed by atoms with van der Waals surface area (Å²) in [6, 6.07) is 0. The predicted octanol–water partition coefficient (Wildman–Crippen LogP) is 3.27. The Bertz CT molecular complexity index is 454. The first kappa shape index (κ1) is 21.8. The molecule has 6 nitrogen and oxygen atoms in total. The number of carbonyl (C=O) groups is 2. The molecule has 0 aromatic rings. The molecule has 0 rings (SSSR count). The third kappa shape index (κ3) is 11.4. The largest absolute Gasteiger partial charge is 0.459 e. The minimum Gasteiger partial charge on any atom is -0.459 e. The summed E-state index contributed by atoms with van der Waals surface area (Å²) >= 11 is 0. The van der Waals surface area contributed by atoms with E-state index in [0.717, 1.165) is 37.8 Å². The molecule has 0 radical (unpaired) electrons. The fraction of sp³-hybridized carbons (Fsp3) is 0.611. The molecule has 0 aromatic heterocycles. The lowest BCUT2D eigenvalue weighted by molar-refractivity contribution is -0.149. The number of nitrogens with zero attached hydrogens (tertiary/aromatic N) is 1. The van der Waals surface area contributed by atoms with Gasteiger partial charge in [0.2, 0.25) is 6.08 Å². The lowest BCUT2D eigenvalue weighted by Crippen LogP contribution is -2.26. The Labute approximate surface area is 143 Å². The van der Waals surface area contributed by atoms with Gasteiger partial charge in [-0.2, -0.15) is 0 Å². The van der Waals surface area contributed by atoms with E-state index < -0.39 is 11.9 Å². The molecule has 0 aromatic carbocycles. The normalized spacial score (nSPS) is 12.4. The van der Waals surface area contributed by atoms with Crippen LogP contribution in [0.15, 0.2) is 30.3 Å². The van der Waals surface area contributed by atoms with Gasteiger partial charge in [0.15, 0.2) is 0 Å². The van der Waals surface area contributed by atoms with E-state index >= 15 is 0 Å². The van der Waals surface area contributed by atoms with Crippen molar-refractivity contribution in [1.82, 2.24) is 0 Å². The second kappa shape index (κ2) is 14.4. The van der Waals surface area contributed by atoms with Crippen LogP contribution in [0.1, 0.15) is 51.9 Å². The van der Waals surface area contributed by atoms with E-state index in [1.54, 1.807) is 0 Å². The summed E-state index contributed by atoms with van der Waals surface area (Å²) < 4.78 is 10.6. The lowest BCUT2D eigenvalue weighted by atomic mass is 10.0. The van der Waals surface area contributed by atoms with E-state index in [-0.39, 0.29) is 12.2 Å². The van der Waals surface area contributed by atoms with Crippen LogP contribution in [-0.4, -0.2) is 36.8 Å². The molecule has 0 spiro atoms. The second-order valence-corrected chi connectivity index (χ2v) is 5.35. The Hall–Kier alpha value is -2.20. The summed E-state index contributed by atoms with van der Waals surface area (Å²) in [6.07, 6.45) is 8.46. The number of carbonyl (C=O) groups excluding carboxylic acids is 3. The van der Waals surface area contributed by atoms with Crippen LogP contribution in [-0.2, 0) is 23.9 Å². The van der Waals surface area contributed by atoms with Crippen LogP contribution in [0.4, 0.5) is 0 Å². The number of hydrogen-bond donors (Lipinski definition) is 0.